The standard InChI is InChI=1S/C14H20N4O/c1-4-15-13(14-16-9-17-18-14)11-5-7-12(8-6-11)19-10(2)3/h5-10,13,15H,4H2,1-3H3,(H,16,17,18). The van der Waals surface area contributed by atoms with E-state index in [1.807, 2.05) is 38.1 Å². The fourth-order valence-electron chi connectivity index (χ4n) is 1.94. The van der Waals surface area contributed by atoms with Crippen molar-refractivity contribution >= 4 is 0 Å². The molecule has 0 aliphatic heterocycles. The van der Waals surface area contributed by atoms with Gasteiger partial charge in [0, 0.05) is 0 Å². The van der Waals surface area contributed by atoms with E-state index in [-0.39, 0.29) is 12.1 Å². The predicted octanol–water partition coefficient (Wildman–Crippen LogP) is 2.29. The van der Waals surface area contributed by atoms with Crippen molar-refractivity contribution in [2.75, 3.05) is 6.54 Å². The van der Waals surface area contributed by atoms with Crippen molar-refractivity contribution in [3.63, 3.8) is 0 Å². The summed E-state index contributed by atoms with van der Waals surface area (Å²) in [6.45, 7) is 6.96. The minimum absolute atomic E-state index is 0.0283. The molecule has 0 spiro atoms. The third kappa shape index (κ3) is 3.54. The fourth-order valence-corrected chi connectivity index (χ4v) is 1.94. The van der Waals surface area contributed by atoms with Crippen LogP contribution in [0.3, 0.4) is 0 Å². The van der Waals surface area contributed by atoms with E-state index < -0.39 is 0 Å². The number of rotatable bonds is 6. The second kappa shape index (κ2) is 6.33. The van der Waals surface area contributed by atoms with Crippen molar-refractivity contribution in [1.82, 2.24) is 20.5 Å². The zero-order valence-corrected chi connectivity index (χ0v) is 11.6. The average Bonchev–Trinajstić information content (AvgIpc) is 2.90. The van der Waals surface area contributed by atoms with E-state index in [1.54, 1.807) is 0 Å². The predicted molar refractivity (Wildman–Crippen MR) is 74.1 cm³/mol. The van der Waals surface area contributed by atoms with Crippen LogP contribution in [0.25, 0.3) is 0 Å². The molecule has 2 N–H and O–H groups in total. The van der Waals surface area contributed by atoms with E-state index in [0.717, 1.165) is 23.7 Å². The minimum Gasteiger partial charge on any atom is -0.491 e. The van der Waals surface area contributed by atoms with Crippen LogP contribution < -0.4 is 10.1 Å². The number of nitrogens with one attached hydrogen (secondary N) is 2. The molecule has 0 radical (unpaired) electrons. The van der Waals surface area contributed by atoms with Crippen molar-refractivity contribution in [1.29, 1.82) is 0 Å². The summed E-state index contributed by atoms with van der Waals surface area (Å²) in [4.78, 5) is 4.22. The van der Waals surface area contributed by atoms with Crippen LogP contribution in [0.2, 0.25) is 0 Å². The summed E-state index contributed by atoms with van der Waals surface area (Å²) in [5.41, 5.74) is 1.13. The molecule has 5 nitrogen and oxygen atoms in total. The molecule has 0 fully saturated rings. The molecule has 2 aromatic rings. The summed E-state index contributed by atoms with van der Waals surface area (Å²) in [7, 11) is 0. The summed E-state index contributed by atoms with van der Waals surface area (Å²) >= 11 is 0. The highest BCUT2D eigenvalue weighted by molar-refractivity contribution is 5.31. The number of ether oxygens (including phenoxy) is 1. The van der Waals surface area contributed by atoms with Crippen LogP contribution in [0.15, 0.2) is 30.6 Å². The maximum absolute atomic E-state index is 5.64. The number of H-pyrrole nitrogens is 1. The van der Waals surface area contributed by atoms with Crippen LogP contribution >= 0.6 is 0 Å². The van der Waals surface area contributed by atoms with Gasteiger partial charge in [-0.2, -0.15) is 5.10 Å². The molecule has 1 aromatic heterocycles. The second-order valence-corrected chi connectivity index (χ2v) is 4.60. The second-order valence-electron chi connectivity index (χ2n) is 4.60. The van der Waals surface area contributed by atoms with Gasteiger partial charge in [0.2, 0.25) is 0 Å². The van der Waals surface area contributed by atoms with Gasteiger partial charge in [-0.05, 0) is 38.1 Å². The van der Waals surface area contributed by atoms with Crippen molar-refractivity contribution in [3.05, 3.63) is 42.0 Å². The first-order valence-electron chi connectivity index (χ1n) is 6.56. The van der Waals surface area contributed by atoms with Crippen LogP contribution in [0.5, 0.6) is 5.75 Å². The molecule has 102 valence electrons. The Kier molecular flexibility index (Phi) is 4.52. The molecule has 0 aliphatic rings. The Morgan fingerprint density at radius 1 is 1.26 bits per heavy atom. The van der Waals surface area contributed by atoms with Gasteiger partial charge in [-0.3, -0.25) is 5.10 Å². The fraction of sp³-hybridized carbons (Fsp3) is 0.429. The molecule has 1 heterocycles. The third-order valence-corrected chi connectivity index (χ3v) is 2.70. The molecule has 0 bridgehead atoms. The summed E-state index contributed by atoms with van der Waals surface area (Å²) < 4.78 is 5.64. The van der Waals surface area contributed by atoms with E-state index >= 15 is 0 Å². The Hall–Kier alpha value is -1.88. The highest BCUT2D eigenvalue weighted by atomic mass is 16.5. The smallest absolute Gasteiger partial charge is 0.145 e. The molecule has 0 saturated carbocycles. The van der Waals surface area contributed by atoms with E-state index in [2.05, 4.69) is 27.4 Å². The van der Waals surface area contributed by atoms with Gasteiger partial charge in [-0.25, -0.2) is 4.98 Å². The number of benzene rings is 1. The highest BCUT2D eigenvalue weighted by Crippen LogP contribution is 2.22. The molecular weight excluding hydrogens is 240 g/mol. The molecule has 1 unspecified atom stereocenters. The van der Waals surface area contributed by atoms with Gasteiger partial charge in [-0.15, -0.1) is 0 Å². The Morgan fingerprint density at radius 3 is 2.53 bits per heavy atom. The number of hydrogen-bond acceptors (Lipinski definition) is 4. The lowest BCUT2D eigenvalue weighted by molar-refractivity contribution is 0.242. The molecule has 0 aliphatic carbocycles. The van der Waals surface area contributed by atoms with Gasteiger partial charge in [0.1, 0.15) is 17.9 Å². The van der Waals surface area contributed by atoms with E-state index in [1.165, 1.54) is 6.33 Å². The first-order valence-corrected chi connectivity index (χ1v) is 6.56. The first kappa shape index (κ1) is 13.5. The Labute approximate surface area is 113 Å². The maximum atomic E-state index is 5.64. The van der Waals surface area contributed by atoms with E-state index in [0.29, 0.717) is 0 Å². The van der Waals surface area contributed by atoms with Crippen LogP contribution in [0.1, 0.15) is 38.2 Å². The Morgan fingerprint density at radius 2 is 2.00 bits per heavy atom. The number of aromatic amines is 1. The molecule has 0 amide bonds. The van der Waals surface area contributed by atoms with Gasteiger partial charge < -0.3 is 10.1 Å². The topological polar surface area (TPSA) is 62.8 Å². The normalized spacial score (nSPS) is 12.6. The average molecular weight is 260 g/mol. The first-order chi connectivity index (χ1) is 9.20. The Balaban J connectivity index is 2.18. The van der Waals surface area contributed by atoms with Gasteiger partial charge in [0.15, 0.2) is 0 Å². The van der Waals surface area contributed by atoms with Crippen LogP contribution in [0, 0.1) is 0 Å². The third-order valence-electron chi connectivity index (χ3n) is 2.70. The van der Waals surface area contributed by atoms with Crippen molar-refractivity contribution in [3.8, 4) is 5.75 Å². The lowest BCUT2D eigenvalue weighted by Gasteiger charge is -2.16. The van der Waals surface area contributed by atoms with Crippen molar-refractivity contribution < 1.29 is 4.74 Å². The number of nitrogens with zero attached hydrogens (tertiary/aromatic N) is 2. The number of aromatic nitrogens is 3. The number of hydrogen-bond donors (Lipinski definition) is 2. The zero-order valence-electron chi connectivity index (χ0n) is 11.6. The quantitative estimate of drug-likeness (QED) is 0.836. The van der Waals surface area contributed by atoms with Gasteiger partial charge in [0.05, 0.1) is 12.1 Å². The van der Waals surface area contributed by atoms with Crippen molar-refractivity contribution in [2.45, 2.75) is 32.9 Å². The van der Waals surface area contributed by atoms with Crippen LogP contribution in [-0.2, 0) is 0 Å². The van der Waals surface area contributed by atoms with Gasteiger partial charge >= 0.3 is 0 Å². The summed E-state index contributed by atoms with van der Waals surface area (Å²) in [5, 5.41) is 10.2. The maximum Gasteiger partial charge on any atom is 0.145 e. The lowest BCUT2D eigenvalue weighted by atomic mass is 10.1. The SMILES string of the molecule is CCNC(c1ccc(OC(C)C)cc1)c1ncn[nH]1. The molecule has 19 heavy (non-hydrogen) atoms. The summed E-state index contributed by atoms with van der Waals surface area (Å²) in [5.74, 6) is 1.70. The molecule has 1 atom stereocenters. The lowest BCUT2D eigenvalue weighted by Crippen LogP contribution is -2.23. The molecule has 1 aromatic carbocycles. The van der Waals surface area contributed by atoms with Crippen molar-refractivity contribution in [2.24, 2.45) is 0 Å². The zero-order chi connectivity index (χ0) is 13.7. The van der Waals surface area contributed by atoms with Gasteiger partial charge in [-0.1, -0.05) is 19.1 Å². The van der Waals surface area contributed by atoms with Crippen LogP contribution in [0.4, 0.5) is 0 Å². The Bertz CT molecular complexity index is 479. The van der Waals surface area contributed by atoms with E-state index in [4.69, 9.17) is 4.74 Å². The minimum atomic E-state index is 0.0283. The van der Waals surface area contributed by atoms with E-state index in [9.17, 15) is 0 Å². The van der Waals surface area contributed by atoms with Crippen LogP contribution in [-0.4, -0.2) is 27.8 Å². The molecular formula is C14H20N4O. The highest BCUT2D eigenvalue weighted by Gasteiger charge is 2.15. The largest absolute Gasteiger partial charge is 0.491 e. The molecule has 0 saturated heterocycles. The summed E-state index contributed by atoms with van der Waals surface area (Å²) in [6, 6.07) is 8.09. The molecule has 2 rings (SSSR count). The van der Waals surface area contributed by atoms with Gasteiger partial charge in [0.25, 0.3) is 0 Å². The summed E-state index contributed by atoms with van der Waals surface area (Å²) in [6.07, 6.45) is 1.71. The molecule has 5 heteroatoms. The monoisotopic (exact) mass is 260 g/mol.